The quantitative estimate of drug-likeness (QED) is 0.816. The fraction of sp³-hybridized carbons (Fsp3) is 0.333. The van der Waals surface area contributed by atoms with Crippen molar-refractivity contribution in [3.63, 3.8) is 0 Å². The Morgan fingerprint density at radius 2 is 1.62 bits per heavy atom. The second-order valence-electron chi connectivity index (χ2n) is 5.33. The number of hydrogen-bond donors (Lipinski definition) is 1. The van der Waals surface area contributed by atoms with E-state index in [0.717, 1.165) is 18.0 Å². The minimum Gasteiger partial charge on any atom is -0.492 e. The van der Waals surface area contributed by atoms with Gasteiger partial charge in [0, 0.05) is 31.0 Å². The van der Waals surface area contributed by atoms with Crippen LogP contribution in [0.1, 0.15) is 12.8 Å². The monoisotopic (exact) mass is 282 g/mol. The summed E-state index contributed by atoms with van der Waals surface area (Å²) in [6.45, 7) is 3.85. The van der Waals surface area contributed by atoms with Crippen LogP contribution in [-0.4, -0.2) is 26.2 Å². The zero-order chi connectivity index (χ0) is 14.3. The maximum atomic E-state index is 5.66. The van der Waals surface area contributed by atoms with Crippen molar-refractivity contribution >= 4 is 11.4 Å². The Hall–Kier alpha value is -2.16. The largest absolute Gasteiger partial charge is 0.492 e. The Morgan fingerprint density at radius 3 is 2.33 bits per heavy atom. The summed E-state index contributed by atoms with van der Waals surface area (Å²) in [4.78, 5) is 2.45. The Morgan fingerprint density at radius 1 is 0.905 bits per heavy atom. The van der Waals surface area contributed by atoms with Gasteiger partial charge in [0.05, 0.1) is 0 Å². The van der Waals surface area contributed by atoms with E-state index in [0.29, 0.717) is 6.61 Å². The van der Waals surface area contributed by atoms with E-state index in [1.54, 1.807) is 0 Å². The van der Waals surface area contributed by atoms with Crippen molar-refractivity contribution < 1.29 is 4.74 Å². The fourth-order valence-electron chi connectivity index (χ4n) is 2.65. The van der Waals surface area contributed by atoms with Gasteiger partial charge in [-0.3, -0.25) is 0 Å². The molecule has 1 fully saturated rings. The highest BCUT2D eigenvalue weighted by Gasteiger charge is 2.11. The zero-order valence-corrected chi connectivity index (χ0v) is 12.3. The molecule has 1 saturated heterocycles. The van der Waals surface area contributed by atoms with E-state index in [1.807, 2.05) is 30.3 Å². The molecule has 3 nitrogen and oxygen atoms in total. The maximum Gasteiger partial charge on any atom is 0.119 e. The third-order valence-corrected chi connectivity index (χ3v) is 3.78. The number of nitrogens with zero attached hydrogens (tertiary/aromatic N) is 1. The summed E-state index contributed by atoms with van der Waals surface area (Å²) in [5, 5.41) is 3.39. The first-order valence-corrected chi connectivity index (χ1v) is 7.68. The van der Waals surface area contributed by atoms with E-state index < -0.39 is 0 Å². The van der Waals surface area contributed by atoms with E-state index in [9.17, 15) is 0 Å². The molecule has 1 heterocycles. The maximum absolute atomic E-state index is 5.66. The highest BCUT2D eigenvalue weighted by atomic mass is 16.5. The third-order valence-electron chi connectivity index (χ3n) is 3.78. The number of rotatable bonds is 6. The van der Waals surface area contributed by atoms with Crippen LogP contribution in [0.15, 0.2) is 54.6 Å². The van der Waals surface area contributed by atoms with Crippen molar-refractivity contribution in [2.24, 2.45) is 0 Å². The molecular formula is C18H22N2O. The minimum atomic E-state index is 0.665. The molecule has 3 rings (SSSR count). The number of hydrogen-bond acceptors (Lipinski definition) is 3. The van der Waals surface area contributed by atoms with Crippen molar-refractivity contribution in [2.75, 3.05) is 36.5 Å². The van der Waals surface area contributed by atoms with E-state index in [-0.39, 0.29) is 0 Å². The summed E-state index contributed by atoms with van der Waals surface area (Å²) in [6.07, 6.45) is 2.63. The Kier molecular flexibility index (Phi) is 4.62. The van der Waals surface area contributed by atoms with Gasteiger partial charge in [-0.2, -0.15) is 0 Å². The highest BCUT2D eigenvalue weighted by molar-refractivity contribution is 5.55. The lowest BCUT2D eigenvalue weighted by Gasteiger charge is -2.18. The van der Waals surface area contributed by atoms with Crippen LogP contribution in [0.4, 0.5) is 11.4 Å². The molecule has 110 valence electrons. The van der Waals surface area contributed by atoms with E-state index in [1.165, 1.54) is 31.6 Å². The van der Waals surface area contributed by atoms with Crippen LogP contribution in [0.5, 0.6) is 5.75 Å². The molecule has 2 aromatic carbocycles. The van der Waals surface area contributed by atoms with Crippen molar-refractivity contribution in [1.82, 2.24) is 0 Å². The van der Waals surface area contributed by atoms with Gasteiger partial charge in [-0.25, -0.2) is 0 Å². The van der Waals surface area contributed by atoms with Crippen LogP contribution in [0, 0.1) is 0 Å². The average molecular weight is 282 g/mol. The molecule has 0 unspecified atom stereocenters. The van der Waals surface area contributed by atoms with Crippen LogP contribution in [-0.2, 0) is 0 Å². The molecule has 21 heavy (non-hydrogen) atoms. The van der Waals surface area contributed by atoms with Gasteiger partial charge in [-0.1, -0.05) is 18.2 Å². The molecule has 1 aliphatic rings. The number of para-hydroxylation sites is 1. The minimum absolute atomic E-state index is 0.665. The van der Waals surface area contributed by atoms with Crippen molar-refractivity contribution in [2.45, 2.75) is 12.8 Å². The number of ether oxygens (including phenoxy) is 1. The lowest BCUT2D eigenvalue weighted by molar-refractivity contribution is 0.333. The van der Waals surface area contributed by atoms with Gasteiger partial charge in [0.25, 0.3) is 0 Å². The van der Waals surface area contributed by atoms with Gasteiger partial charge in [-0.15, -0.1) is 0 Å². The van der Waals surface area contributed by atoms with Gasteiger partial charge in [0.1, 0.15) is 12.4 Å². The summed E-state index contributed by atoms with van der Waals surface area (Å²) >= 11 is 0. The topological polar surface area (TPSA) is 24.5 Å². The number of benzene rings is 2. The summed E-state index contributed by atoms with van der Waals surface area (Å²) in [6, 6.07) is 18.6. The van der Waals surface area contributed by atoms with Crippen molar-refractivity contribution in [1.29, 1.82) is 0 Å². The molecule has 0 amide bonds. The van der Waals surface area contributed by atoms with Crippen LogP contribution in [0.2, 0.25) is 0 Å². The summed E-state index contributed by atoms with van der Waals surface area (Å²) in [5.41, 5.74) is 2.48. The predicted molar refractivity (Wildman–Crippen MR) is 88.3 cm³/mol. The van der Waals surface area contributed by atoms with Gasteiger partial charge in [-0.05, 0) is 49.2 Å². The summed E-state index contributed by atoms with van der Waals surface area (Å²) in [7, 11) is 0. The van der Waals surface area contributed by atoms with Crippen LogP contribution in [0.25, 0.3) is 0 Å². The first kappa shape index (κ1) is 13.8. The van der Waals surface area contributed by atoms with E-state index in [4.69, 9.17) is 4.74 Å². The Labute approximate surface area is 126 Å². The van der Waals surface area contributed by atoms with Gasteiger partial charge >= 0.3 is 0 Å². The predicted octanol–water partition coefficient (Wildman–Crippen LogP) is 3.78. The number of anilines is 2. The molecule has 0 aromatic heterocycles. The first-order valence-electron chi connectivity index (χ1n) is 7.68. The molecule has 3 heteroatoms. The molecule has 0 spiro atoms. The zero-order valence-electron chi connectivity index (χ0n) is 12.3. The normalized spacial score (nSPS) is 14.2. The standard InChI is InChI=1S/C18H22N2O/c1-2-6-18(7-3-1)21-15-12-19-16-8-10-17(11-9-16)20-13-4-5-14-20/h1-3,6-11,19H,4-5,12-15H2. The third kappa shape index (κ3) is 3.91. The molecule has 1 aliphatic heterocycles. The molecule has 0 aliphatic carbocycles. The second kappa shape index (κ2) is 7.02. The van der Waals surface area contributed by atoms with E-state index in [2.05, 4.69) is 34.5 Å². The van der Waals surface area contributed by atoms with Gasteiger partial charge in [0.2, 0.25) is 0 Å². The van der Waals surface area contributed by atoms with Crippen LogP contribution < -0.4 is 15.0 Å². The molecule has 1 N–H and O–H groups in total. The van der Waals surface area contributed by atoms with Gasteiger partial charge < -0.3 is 15.0 Å². The first-order chi connectivity index (χ1) is 10.4. The SMILES string of the molecule is c1ccc(OCCNc2ccc(N3CCCC3)cc2)cc1. The fourth-order valence-corrected chi connectivity index (χ4v) is 2.65. The molecule has 0 radical (unpaired) electrons. The molecule has 0 saturated carbocycles. The molecule has 2 aromatic rings. The highest BCUT2D eigenvalue weighted by Crippen LogP contribution is 2.21. The van der Waals surface area contributed by atoms with Crippen LogP contribution in [0.3, 0.4) is 0 Å². The molecule has 0 bridgehead atoms. The summed E-state index contributed by atoms with van der Waals surface area (Å²) < 4.78 is 5.66. The van der Waals surface area contributed by atoms with Gasteiger partial charge in [0.15, 0.2) is 0 Å². The molecule has 0 atom stereocenters. The van der Waals surface area contributed by atoms with Crippen molar-refractivity contribution in [3.05, 3.63) is 54.6 Å². The Bertz CT molecular complexity index is 533. The van der Waals surface area contributed by atoms with Crippen LogP contribution >= 0.6 is 0 Å². The average Bonchev–Trinajstić information content (AvgIpc) is 3.08. The van der Waals surface area contributed by atoms with E-state index >= 15 is 0 Å². The Balaban J connectivity index is 1.43. The lowest BCUT2D eigenvalue weighted by Crippen LogP contribution is -2.17. The number of nitrogens with one attached hydrogen (secondary N) is 1. The second-order valence-corrected chi connectivity index (χ2v) is 5.33. The molecular weight excluding hydrogens is 260 g/mol. The van der Waals surface area contributed by atoms with Crippen molar-refractivity contribution in [3.8, 4) is 5.75 Å². The smallest absolute Gasteiger partial charge is 0.119 e. The lowest BCUT2D eigenvalue weighted by atomic mass is 10.2. The summed E-state index contributed by atoms with van der Waals surface area (Å²) in [5.74, 6) is 0.920.